The number of hydrogen-bond donors (Lipinski definition) is 1. The van der Waals surface area contributed by atoms with Gasteiger partial charge < -0.3 is 4.74 Å². The van der Waals surface area contributed by atoms with Gasteiger partial charge in [-0.2, -0.15) is 5.10 Å². The molecular formula is C21H21Cl3N4O2. The number of hydrogen-bond acceptors (Lipinski definition) is 5. The summed E-state index contributed by atoms with van der Waals surface area (Å²) >= 11 is 18.6. The van der Waals surface area contributed by atoms with Crippen LogP contribution in [0.1, 0.15) is 18.5 Å². The molecule has 0 aromatic heterocycles. The molecule has 0 saturated carbocycles. The third kappa shape index (κ3) is 4.43. The average Bonchev–Trinajstić information content (AvgIpc) is 3.06. The summed E-state index contributed by atoms with van der Waals surface area (Å²) < 4.78 is 5.34. The Kier molecular flexibility index (Phi) is 6.51. The van der Waals surface area contributed by atoms with E-state index in [2.05, 4.69) is 5.43 Å². The van der Waals surface area contributed by atoms with Crippen molar-refractivity contribution in [2.45, 2.75) is 13.0 Å². The van der Waals surface area contributed by atoms with Crippen molar-refractivity contribution in [2.24, 2.45) is 11.0 Å². The Morgan fingerprint density at radius 3 is 2.40 bits per heavy atom. The number of ether oxygens (including phenoxy) is 1. The molecule has 0 radical (unpaired) electrons. The van der Waals surface area contributed by atoms with Crippen LogP contribution >= 0.6 is 34.8 Å². The maximum Gasteiger partial charge on any atom is 0.282 e. The molecule has 0 aliphatic carbocycles. The van der Waals surface area contributed by atoms with Crippen molar-refractivity contribution in [3.8, 4) is 0 Å². The molecular weight excluding hydrogens is 447 g/mol. The third-order valence-corrected chi connectivity index (χ3v) is 6.05. The second kappa shape index (κ2) is 9.12. The van der Waals surface area contributed by atoms with Gasteiger partial charge in [-0.1, -0.05) is 53.9 Å². The number of amides is 1. The zero-order valence-corrected chi connectivity index (χ0v) is 18.6. The number of hydrazine groups is 1. The van der Waals surface area contributed by atoms with Crippen molar-refractivity contribution in [3.63, 3.8) is 0 Å². The molecule has 9 heteroatoms. The first kappa shape index (κ1) is 21.4. The molecule has 2 aromatic carbocycles. The zero-order valence-electron chi connectivity index (χ0n) is 16.3. The molecule has 1 N–H and O–H groups in total. The second-order valence-corrected chi connectivity index (χ2v) is 8.53. The lowest BCUT2D eigenvalue weighted by Gasteiger charge is -2.28. The molecule has 1 fully saturated rings. The van der Waals surface area contributed by atoms with Crippen LogP contribution in [0.3, 0.4) is 0 Å². The van der Waals surface area contributed by atoms with Crippen molar-refractivity contribution in [1.82, 2.24) is 10.4 Å². The van der Waals surface area contributed by atoms with E-state index in [1.807, 2.05) is 42.3 Å². The van der Waals surface area contributed by atoms with Gasteiger partial charge in [-0.15, -0.1) is 0 Å². The van der Waals surface area contributed by atoms with Crippen LogP contribution in [-0.2, 0) is 9.53 Å². The van der Waals surface area contributed by atoms with Crippen LogP contribution in [0.2, 0.25) is 15.1 Å². The highest BCUT2D eigenvalue weighted by Crippen LogP contribution is 2.42. The summed E-state index contributed by atoms with van der Waals surface area (Å²) in [5.41, 5.74) is 5.05. The highest BCUT2D eigenvalue weighted by molar-refractivity contribution is 6.41. The third-order valence-electron chi connectivity index (χ3n) is 5.26. The summed E-state index contributed by atoms with van der Waals surface area (Å²) in [6.45, 7) is 4.44. The van der Waals surface area contributed by atoms with Gasteiger partial charge in [0, 0.05) is 29.1 Å². The highest BCUT2D eigenvalue weighted by atomic mass is 35.5. The Hall–Kier alpha value is -1.83. The molecule has 2 heterocycles. The molecule has 2 unspecified atom stereocenters. The van der Waals surface area contributed by atoms with Crippen LogP contribution in [0.4, 0.5) is 5.69 Å². The maximum atomic E-state index is 13.0. The smallest absolute Gasteiger partial charge is 0.282 e. The topological polar surface area (TPSA) is 57.2 Å². The van der Waals surface area contributed by atoms with Gasteiger partial charge in [-0.25, -0.2) is 5.01 Å². The normalized spacial score (nSPS) is 22.1. The molecule has 1 amide bonds. The number of morpholine rings is 1. The molecule has 0 bridgehead atoms. The number of nitrogens with one attached hydrogen (secondary N) is 1. The van der Waals surface area contributed by atoms with Gasteiger partial charge in [-0.05, 0) is 35.9 Å². The fraction of sp³-hybridized carbons (Fsp3) is 0.333. The largest absolute Gasteiger partial charge is 0.379 e. The van der Waals surface area contributed by atoms with Crippen molar-refractivity contribution in [3.05, 3.63) is 63.1 Å². The summed E-state index contributed by atoms with van der Waals surface area (Å²) in [6, 6.07) is 12.6. The lowest BCUT2D eigenvalue weighted by Crippen LogP contribution is -2.51. The number of carbonyl (C=O) groups excluding carboxylic acids is 1. The van der Waals surface area contributed by atoms with Crippen molar-refractivity contribution in [2.75, 3.05) is 31.3 Å². The summed E-state index contributed by atoms with van der Waals surface area (Å²) in [7, 11) is 0. The van der Waals surface area contributed by atoms with Gasteiger partial charge >= 0.3 is 0 Å². The van der Waals surface area contributed by atoms with Gasteiger partial charge in [0.1, 0.15) is 5.71 Å². The minimum Gasteiger partial charge on any atom is -0.379 e. The van der Waals surface area contributed by atoms with Crippen molar-refractivity contribution < 1.29 is 9.53 Å². The number of rotatable bonds is 4. The van der Waals surface area contributed by atoms with Gasteiger partial charge in [0.2, 0.25) is 0 Å². The lowest BCUT2D eigenvalue weighted by atomic mass is 9.91. The van der Waals surface area contributed by atoms with Gasteiger partial charge in [0.15, 0.2) is 0 Å². The Morgan fingerprint density at radius 1 is 1.07 bits per heavy atom. The van der Waals surface area contributed by atoms with Crippen LogP contribution in [0.15, 0.2) is 47.6 Å². The molecule has 6 nitrogen and oxygen atoms in total. The summed E-state index contributed by atoms with van der Waals surface area (Å²) in [4.78, 5) is 13.0. The first-order chi connectivity index (χ1) is 14.4. The molecule has 1 saturated heterocycles. The predicted molar refractivity (Wildman–Crippen MR) is 120 cm³/mol. The van der Waals surface area contributed by atoms with Gasteiger partial charge in [0.25, 0.3) is 5.91 Å². The quantitative estimate of drug-likeness (QED) is 0.716. The number of hydrazone groups is 1. The molecule has 2 aliphatic rings. The monoisotopic (exact) mass is 466 g/mol. The number of carbonyl (C=O) groups is 1. The van der Waals surface area contributed by atoms with Crippen LogP contribution in [0.25, 0.3) is 0 Å². The lowest BCUT2D eigenvalue weighted by molar-refractivity contribution is -0.121. The van der Waals surface area contributed by atoms with Crippen LogP contribution < -0.4 is 10.4 Å². The molecule has 0 spiro atoms. The van der Waals surface area contributed by atoms with E-state index >= 15 is 0 Å². The minimum atomic E-state index is -0.226. The standard InChI is InChI=1S/C21H21Cl3N4O2/c1-13-19(21(29)26-27-8-10-30-11-9-27)25-28(18-7-6-16(23)12-17(18)24)20(13)14-2-4-15(22)5-3-14/h2-7,12-13,20H,8-11H2,1H3,(H,26,29). The van der Waals surface area contributed by atoms with E-state index in [-0.39, 0.29) is 17.9 Å². The van der Waals surface area contributed by atoms with E-state index in [4.69, 9.17) is 44.6 Å². The van der Waals surface area contributed by atoms with E-state index in [0.29, 0.717) is 52.8 Å². The van der Waals surface area contributed by atoms with Gasteiger partial charge in [-0.3, -0.25) is 15.2 Å². The van der Waals surface area contributed by atoms with Gasteiger partial charge in [0.05, 0.1) is 30.0 Å². The van der Waals surface area contributed by atoms with Crippen LogP contribution in [-0.4, -0.2) is 42.9 Å². The molecule has 158 valence electrons. The van der Waals surface area contributed by atoms with E-state index in [1.165, 1.54) is 0 Å². The molecule has 2 aliphatic heterocycles. The van der Waals surface area contributed by atoms with Crippen molar-refractivity contribution in [1.29, 1.82) is 0 Å². The first-order valence-electron chi connectivity index (χ1n) is 9.66. The fourth-order valence-corrected chi connectivity index (χ4v) is 4.34. The average molecular weight is 468 g/mol. The Morgan fingerprint density at radius 2 is 1.73 bits per heavy atom. The number of anilines is 1. The summed E-state index contributed by atoms with van der Waals surface area (Å²) in [5.74, 6) is -0.407. The van der Waals surface area contributed by atoms with E-state index in [9.17, 15) is 4.79 Å². The highest BCUT2D eigenvalue weighted by Gasteiger charge is 2.40. The van der Waals surface area contributed by atoms with Crippen molar-refractivity contribution >= 4 is 52.1 Å². The van der Waals surface area contributed by atoms with E-state index in [0.717, 1.165) is 5.56 Å². The minimum absolute atomic E-state index is 0.182. The number of nitrogens with zero attached hydrogens (tertiary/aromatic N) is 3. The van der Waals surface area contributed by atoms with E-state index < -0.39 is 0 Å². The predicted octanol–water partition coefficient (Wildman–Crippen LogP) is 4.56. The molecule has 2 aromatic rings. The first-order valence-corrected chi connectivity index (χ1v) is 10.8. The number of benzene rings is 2. The maximum absolute atomic E-state index is 13.0. The Labute approximate surface area is 190 Å². The fourth-order valence-electron chi connectivity index (χ4n) is 3.72. The summed E-state index contributed by atoms with van der Waals surface area (Å²) in [6.07, 6.45) is 0. The molecule has 4 rings (SSSR count). The molecule has 30 heavy (non-hydrogen) atoms. The summed E-state index contributed by atoms with van der Waals surface area (Å²) in [5, 5.41) is 9.99. The SMILES string of the molecule is CC1C(C(=O)NN2CCOCC2)=NN(c2ccc(Cl)cc2Cl)C1c1ccc(Cl)cc1. The zero-order chi connectivity index (χ0) is 21.3. The second-order valence-electron chi connectivity index (χ2n) is 7.25. The molecule has 2 atom stereocenters. The number of halogens is 3. The Balaban J connectivity index is 1.68. The van der Waals surface area contributed by atoms with Crippen LogP contribution in [0.5, 0.6) is 0 Å². The van der Waals surface area contributed by atoms with E-state index in [1.54, 1.807) is 17.1 Å². The Bertz CT molecular complexity index is 961. The van der Waals surface area contributed by atoms with Crippen LogP contribution in [0, 0.1) is 5.92 Å².